The molecule has 2 heterocycles. The van der Waals surface area contributed by atoms with E-state index in [1.807, 2.05) is 21.9 Å². The zero-order chi connectivity index (χ0) is 22.0. The van der Waals surface area contributed by atoms with Gasteiger partial charge in [-0.1, -0.05) is 15.9 Å². The van der Waals surface area contributed by atoms with Gasteiger partial charge in [-0.25, -0.2) is 4.39 Å². The summed E-state index contributed by atoms with van der Waals surface area (Å²) in [7, 11) is 0. The highest BCUT2D eigenvalue weighted by atomic mass is 79.9. The van der Waals surface area contributed by atoms with Crippen molar-refractivity contribution in [1.29, 1.82) is 0 Å². The average molecular weight is 491 g/mol. The maximum atomic E-state index is 14.7. The lowest BCUT2D eigenvalue weighted by Gasteiger charge is -2.36. The summed E-state index contributed by atoms with van der Waals surface area (Å²) in [4.78, 5) is 29.5. The molecule has 1 amide bonds. The van der Waals surface area contributed by atoms with E-state index in [0.29, 0.717) is 43.1 Å². The number of hydrogen-bond acceptors (Lipinski definition) is 5. The second-order valence-corrected chi connectivity index (χ2v) is 8.80. The van der Waals surface area contributed by atoms with E-state index >= 15 is 0 Å². The van der Waals surface area contributed by atoms with Crippen LogP contribution in [-0.2, 0) is 0 Å². The fourth-order valence-electron chi connectivity index (χ4n) is 4.24. The van der Waals surface area contributed by atoms with Gasteiger partial charge < -0.3 is 14.7 Å². The van der Waals surface area contributed by atoms with Crippen molar-refractivity contribution in [3.05, 3.63) is 62.4 Å². The van der Waals surface area contributed by atoms with Crippen molar-refractivity contribution < 1.29 is 14.1 Å². The Hall–Kier alpha value is -2.68. The van der Waals surface area contributed by atoms with Crippen molar-refractivity contribution in [3.8, 4) is 0 Å². The molecule has 0 saturated carbocycles. The van der Waals surface area contributed by atoms with Crippen LogP contribution < -0.4 is 9.80 Å². The molecule has 31 heavy (non-hydrogen) atoms. The van der Waals surface area contributed by atoms with Gasteiger partial charge in [0.05, 0.1) is 16.7 Å². The van der Waals surface area contributed by atoms with Crippen LogP contribution in [0.3, 0.4) is 0 Å². The van der Waals surface area contributed by atoms with Gasteiger partial charge in [0, 0.05) is 49.3 Å². The largest absolute Gasteiger partial charge is 0.369 e. The molecule has 0 bridgehead atoms. The van der Waals surface area contributed by atoms with E-state index in [9.17, 15) is 19.3 Å². The van der Waals surface area contributed by atoms with Crippen LogP contribution in [0.2, 0.25) is 0 Å². The van der Waals surface area contributed by atoms with Gasteiger partial charge in [0.25, 0.3) is 11.6 Å². The SMILES string of the molecule is O=C(c1ccc(Br)cc1)N1CCN(c2cc(N3CCCCC3)c(F)cc2[N+](=O)[O-])CC1. The number of halogens is 2. The van der Waals surface area contributed by atoms with Crippen LogP contribution in [0.5, 0.6) is 0 Å². The van der Waals surface area contributed by atoms with Crippen LogP contribution in [0.1, 0.15) is 29.6 Å². The Morgan fingerprint density at radius 3 is 2.13 bits per heavy atom. The van der Waals surface area contributed by atoms with Gasteiger partial charge in [-0.3, -0.25) is 14.9 Å². The molecule has 9 heteroatoms. The first kappa shape index (κ1) is 21.5. The van der Waals surface area contributed by atoms with E-state index in [4.69, 9.17) is 0 Å². The van der Waals surface area contributed by atoms with Gasteiger partial charge in [0.1, 0.15) is 5.69 Å². The van der Waals surface area contributed by atoms with Crippen LogP contribution >= 0.6 is 15.9 Å². The van der Waals surface area contributed by atoms with Crippen LogP contribution in [0.25, 0.3) is 0 Å². The normalized spacial score (nSPS) is 17.0. The predicted molar refractivity (Wildman–Crippen MR) is 121 cm³/mol. The van der Waals surface area contributed by atoms with Crippen LogP contribution in [0.4, 0.5) is 21.5 Å². The number of rotatable bonds is 4. The average Bonchev–Trinajstić information content (AvgIpc) is 2.79. The number of nitro benzene ring substituents is 1. The minimum absolute atomic E-state index is 0.0604. The number of carbonyl (C=O) groups excluding carboxylic acids is 1. The van der Waals surface area contributed by atoms with Gasteiger partial charge >= 0.3 is 0 Å². The first-order valence-corrected chi connectivity index (χ1v) is 11.3. The Kier molecular flexibility index (Phi) is 6.41. The fraction of sp³-hybridized carbons (Fsp3) is 0.409. The number of hydrogen-bond donors (Lipinski definition) is 0. The topological polar surface area (TPSA) is 69.9 Å². The molecule has 0 spiro atoms. The minimum Gasteiger partial charge on any atom is -0.369 e. The monoisotopic (exact) mass is 490 g/mol. The number of anilines is 2. The summed E-state index contributed by atoms with van der Waals surface area (Å²) < 4.78 is 15.6. The molecule has 2 aliphatic heterocycles. The minimum atomic E-state index is -0.554. The Morgan fingerprint density at radius 2 is 1.52 bits per heavy atom. The maximum absolute atomic E-state index is 14.7. The summed E-state index contributed by atoms with van der Waals surface area (Å²) in [6.45, 7) is 3.31. The second kappa shape index (κ2) is 9.21. The molecule has 0 aliphatic carbocycles. The third-order valence-corrected chi connectivity index (χ3v) is 6.46. The number of benzene rings is 2. The van der Waals surface area contributed by atoms with Gasteiger partial charge in [-0.2, -0.15) is 0 Å². The van der Waals surface area contributed by atoms with Crippen molar-refractivity contribution in [2.24, 2.45) is 0 Å². The number of carbonyl (C=O) groups is 1. The van der Waals surface area contributed by atoms with E-state index in [1.54, 1.807) is 23.1 Å². The van der Waals surface area contributed by atoms with E-state index in [-0.39, 0.29) is 11.6 Å². The zero-order valence-electron chi connectivity index (χ0n) is 17.1. The molecule has 2 aliphatic rings. The molecular weight excluding hydrogens is 467 g/mol. The Labute approximate surface area is 188 Å². The van der Waals surface area contributed by atoms with Crippen LogP contribution in [0.15, 0.2) is 40.9 Å². The van der Waals surface area contributed by atoms with E-state index < -0.39 is 10.7 Å². The van der Waals surface area contributed by atoms with Gasteiger partial charge in [-0.05, 0) is 49.6 Å². The summed E-state index contributed by atoms with van der Waals surface area (Å²) in [6.07, 6.45) is 3.09. The molecule has 0 radical (unpaired) electrons. The van der Waals surface area contributed by atoms with Crippen molar-refractivity contribution in [2.45, 2.75) is 19.3 Å². The summed E-state index contributed by atoms with van der Waals surface area (Å²) in [5.41, 5.74) is 1.22. The highest BCUT2D eigenvalue weighted by Gasteiger charge is 2.29. The zero-order valence-corrected chi connectivity index (χ0v) is 18.7. The number of piperidine rings is 1. The standard InChI is InChI=1S/C22H24BrFN4O3/c23-17-6-4-16(5-7-17)22(29)27-12-10-26(11-13-27)20-15-19(25-8-2-1-3-9-25)18(24)14-21(20)28(30)31/h4-7,14-15H,1-3,8-13H2. The third-order valence-electron chi connectivity index (χ3n) is 5.94. The molecule has 0 unspecified atom stereocenters. The Balaban J connectivity index is 1.53. The number of nitro groups is 1. The van der Waals surface area contributed by atoms with Crippen LogP contribution in [0, 0.1) is 15.9 Å². The molecule has 2 aromatic rings. The van der Waals surface area contributed by atoms with Crippen molar-refractivity contribution in [1.82, 2.24) is 4.90 Å². The van der Waals surface area contributed by atoms with E-state index in [2.05, 4.69) is 15.9 Å². The molecule has 4 rings (SSSR count). The molecule has 0 N–H and O–H groups in total. The molecule has 0 aromatic heterocycles. The Morgan fingerprint density at radius 1 is 0.903 bits per heavy atom. The number of piperazine rings is 1. The number of amides is 1. The summed E-state index contributed by atoms with van der Waals surface area (Å²) >= 11 is 3.37. The number of nitrogens with zero attached hydrogens (tertiary/aromatic N) is 4. The molecule has 2 fully saturated rings. The second-order valence-electron chi connectivity index (χ2n) is 7.88. The van der Waals surface area contributed by atoms with Crippen molar-refractivity contribution >= 4 is 38.9 Å². The molecule has 2 saturated heterocycles. The Bertz CT molecular complexity index is 971. The first-order valence-electron chi connectivity index (χ1n) is 10.5. The molecule has 2 aromatic carbocycles. The third kappa shape index (κ3) is 4.66. The molecule has 0 atom stereocenters. The summed E-state index contributed by atoms with van der Waals surface area (Å²) in [5.74, 6) is -0.615. The lowest BCUT2D eigenvalue weighted by Crippen LogP contribution is -2.49. The highest BCUT2D eigenvalue weighted by Crippen LogP contribution is 2.36. The van der Waals surface area contributed by atoms with Crippen LogP contribution in [-0.4, -0.2) is 55.0 Å². The molecular formula is C22H24BrFN4O3. The first-order chi connectivity index (χ1) is 14.9. The lowest BCUT2D eigenvalue weighted by molar-refractivity contribution is -0.384. The highest BCUT2D eigenvalue weighted by molar-refractivity contribution is 9.10. The van der Waals surface area contributed by atoms with Gasteiger partial charge in [-0.15, -0.1) is 0 Å². The van der Waals surface area contributed by atoms with Gasteiger partial charge in [0.2, 0.25) is 0 Å². The molecule has 7 nitrogen and oxygen atoms in total. The predicted octanol–water partition coefficient (Wildman–Crippen LogP) is 4.45. The van der Waals surface area contributed by atoms with E-state index in [0.717, 1.165) is 42.9 Å². The fourth-order valence-corrected chi connectivity index (χ4v) is 4.51. The maximum Gasteiger partial charge on any atom is 0.295 e. The quantitative estimate of drug-likeness (QED) is 0.467. The summed E-state index contributed by atoms with van der Waals surface area (Å²) in [6, 6.07) is 9.85. The van der Waals surface area contributed by atoms with E-state index in [1.165, 1.54) is 0 Å². The van der Waals surface area contributed by atoms with Gasteiger partial charge in [0.15, 0.2) is 5.82 Å². The smallest absolute Gasteiger partial charge is 0.295 e. The molecule has 164 valence electrons. The lowest BCUT2D eigenvalue weighted by atomic mass is 10.1. The summed E-state index contributed by atoms with van der Waals surface area (Å²) in [5, 5.41) is 11.6. The van der Waals surface area contributed by atoms with Crippen molar-refractivity contribution in [2.75, 3.05) is 49.1 Å². The van der Waals surface area contributed by atoms with Crippen molar-refractivity contribution in [3.63, 3.8) is 0 Å².